The van der Waals surface area contributed by atoms with Crippen LogP contribution in [0.25, 0.3) is 0 Å². The Morgan fingerprint density at radius 3 is 2.75 bits per heavy atom. The Kier molecular flexibility index (Phi) is 8.50. The van der Waals surface area contributed by atoms with Crippen molar-refractivity contribution in [3.63, 3.8) is 0 Å². The number of hydrogen-bond donors (Lipinski definition) is 2. The number of nitrogens with zero attached hydrogens (tertiary/aromatic N) is 2. The van der Waals surface area contributed by atoms with E-state index in [-0.39, 0.29) is 55.6 Å². The minimum Gasteiger partial charge on any atom is -0.490 e. The standard InChI is InChI=1S/C26H32N4O6/c1-30-21-5-4-19(14-24(31)28-12-9-17-7-10-27-11-8-17)36-23(21)15-35-22-6-3-18(13-20(22)26(30)33)29-25(32)16-34-2/h3,6-8,10-11,13,19,21,23H,4-5,9,12,14-16H2,1-2H3,(H,28,31)(H,29,32)/t19-,21-,23-/m1/s1. The summed E-state index contributed by atoms with van der Waals surface area (Å²) in [7, 11) is 3.19. The fraction of sp³-hybridized carbons (Fsp3) is 0.462. The van der Waals surface area contributed by atoms with Crippen molar-refractivity contribution in [1.29, 1.82) is 0 Å². The second-order valence-electron chi connectivity index (χ2n) is 9.02. The van der Waals surface area contributed by atoms with E-state index in [4.69, 9.17) is 14.2 Å². The van der Waals surface area contributed by atoms with Gasteiger partial charge in [0.2, 0.25) is 11.8 Å². The summed E-state index contributed by atoms with van der Waals surface area (Å²) in [5.74, 6) is -0.150. The molecule has 1 aromatic heterocycles. The smallest absolute Gasteiger partial charge is 0.257 e. The molecule has 0 radical (unpaired) electrons. The van der Waals surface area contributed by atoms with Crippen molar-refractivity contribution < 1.29 is 28.6 Å². The number of nitrogens with one attached hydrogen (secondary N) is 2. The molecule has 10 heteroatoms. The van der Waals surface area contributed by atoms with E-state index < -0.39 is 0 Å². The first-order valence-corrected chi connectivity index (χ1v) is 12.1. The highest BCUT2D eigenvalue weighted by Crippen LogP contribution is 2.32. The molecular formula is C26H32N4O6. The summed E-state index contributed by atoms with van der Waals surface area (Å²) < 4.78 is 17.1. The van der Waals surface area contributed by atoms with Crippen LogP contribution in [0.5, 0.6) is 5.75 Å². The van der Waals surface area contributed by atoms with Crippen LogP contribution in [-0.2, 0) is 25.5 Å². The van der Waals surface area contributed by atoms with E-state index in [1.807, 2.05) is 12.1 Å². The van der Waals surface area contributed by atoms with E-state index in [9.17, 15) is 14.4 Å². The maximum absolute atomic E-state index is 13.3. The summed E-state index contributed by atoms with van der Waals surface area (Å²) in [6, 6.07) is 8.65. The van der Waals surface area contributed by atoms with Crippen molar-refractivity contribution in [2.45, 2.75) is 43.9 Å². The number of likely N-dealkylation sites (N-methyl/N-ethyl adjacent to an activating group) is 1. The van der Waals surface area contributed by atoms with E-state index in [0.717, 1.165) is 12.0 Å². The number of carbonyl (C=O) groups excluding carboxylic acids is 3. The molecule has 36 heavy (non-hydrogen) atoms. The summed E-state index contributed by atoms with van der Waals surface area (Å²) in [6.07, 6.45) is 5.25. The molecule has 2 N–H and O–H groups in total. The molecule has 2 aromatic rings. The summed E-state index contributed by atoms with van der Waals surface area (Å²) in [5, 5.41) is 5.67. The van der Waals surface area contributed by atoms with Crippen molar-refractivity contribution in [1.82, 2.24) is 15.2 Å². The van der Waals surface area contributed by atoms with Gasteiger partial charge in [-0.25, -0.2) is 0 Å². The third-order valence-corrected chi connectivity index (χ3v) is 6.47. The minimum atomic E-state index is -0.350. The molecule has 10 nitrogen and oxygen atoms in total. The molecule has 0 unspecified atom stereocenters. The fourth-order valence-electron chi connectivity index (χ4n) is 4.61. The highest BCUT2D eigenvalue weighted by molar-refractivity contribution is 6.00. The number of carbonyl (C=O) groups is 3. The van der Waals surface area contributed by atoms with Gasteiger partial charge >= 0.3 is 0 Å². The number of benzene rings is 1. The largest absolute Gasteiger partial charge is 0.490 e. The van der Waals surface area contributed by atoms with Gasteiger partial charge in [0.25, 0.3) is 5.91 Å². The molecule has 192 valence electrons. The molecule has 2 aliphatic heterocycles. The van der Waals surface area contributed by atoms with Gasteiger partial charge < -0.3 is 29.7 Å². The Morgan fingerprint density at radius 2 is 1.97 bits per heavy atom. The molecule has 0 aliphatic carbocycles. The molecule has 1 fully saturated rings. The zero-order chi connectivity index (χ0) is 25.5. The zero-order valence-corrected chi connectivity index (χ0v) is 20.6. The monoisotopic (exact) mass is 496 g/mol. The molecular weight excluding hydrogens is 464 g/mol. The zero-order valence-electron chi connectivity index (χ0n) is 20.6. The van der Waals surface area contributed by atoms with Crippen molar-refractivity contribution in [2.75, 3.05) is 39.2 Å². The van der Waals surface area contributed by atoms with Crippen molar-refractivity contribution >= 4 is 23.4 Å². The number of rotatable bonds is 8. The molecule has 4 rings (SSSR count). The lowest BCUT2D eigenvalue weighted by Crippen LogP contribution is -2.54. The quantitative estimate of drug-likeness (QED) is 0.572. The lowest BCUT2D eigenvalue weighted by molar-refractivity contribution is -0.134. The average molecular weight is 497 g/mol. The second-order valence-corrected chi connectivity index (χ2v) is 9.02. The minimum absolute atomic E-state index is 0.0582. The highest BCUT2D eigenvalue weighted by atomic mass is 16.5. The normalized spacial score (nSPS) is 21.3. The molecule has 1 aromatic carbocycles. The van der Waals surface area contributed by atoms with Gasteiger partial charge in [-0.15, -0.1) is 0 Å². The van der Waals surface area contributed by atoms with Crippen LogP contribution in [0, 0.1) is 0 Å². The molecule has 1 saturated heterocycles. The number of ether oxygens (including phenoxy) is 3. The molecule has 0 spiro atoms. The first-order chi connectivity index (χ1) is 17.4. The van der Waals surface area contributed by atoms with Gasteiger partial charge in [0.05, 0.1) is 24.1 Å². The van der Waals surface area contributed by atoms with Gasteiger partial charge in [0.15, 0.2) is 0 Å². The maximum atomic E-state index is 13.3. The van der Waals surface area contributed by atoms with Gasteiger partial charge in [-0.05, 0) is 55.2 Å². The Hall–Kier alpha value is -3.50. The molecule has 0 bridgehead atoms. The van der Waals surface area contributed by atoms with Crippen molar-refractivity contribution in [3.8, 4) is 5.75 Å². The number of methoxy groups -OCH3 is 1. The topological polar surface area (TPSA) is 119 Å². The van der Waals surface area contributed by atoms with Crippen LogP contribution < -0.4 is 15.4 Å². The number of anilines is 1. The van der Waals surface area contributed by atoms with Gasteiger partial charge in [-0.2, -0.15) is 0 Å². The summed E-state index contributed by atoms with van der Waals surface area (Å²) in [4.78, 5) is 43.3. The molecule has 3 amide bonds. The third kappa shape index (κ3) is 6.38. The summed E-state index contributed by atoms with van der Waals surface area (Å²) in [6.45, 7) is 0.726. The highest BCUT2D eigenvalue weighted by Gasteiger charge is 2.39. The fourth-order valence-corrected chi connectivity index (χ4v) is 4.61. The van der Waals surface area contributed by atoms with Gasteiger partial charge in [0.1, 0.15) is 25.1 Å². The summed E-state index contributed by atoms with van der Waals surface area (Å²) in [5.41, 5.74) is 1.99. The lowest BCUT2D eigenvalue weighted by Gasteiger charge is -2.42. The molecule has 2 aliphatic rings. The van der Waals surface area contributed by atoms with E-state index in [1.165, 1.54) is 7.11 Å². The van der Waals surface area contributed by atoms with Crippen LogP contribution in [0.15, 0.2) is 42.7 Å². The van der Waals surface area contributed by atoms with Crippen LogP contribution in [-0.4, -0.2) is 79.8 Å². The predicted molar refractivity (Wildman–Crippen MR) is 132 cm³/mol. The van der Waals surface area contributed by atoms with Crippen molar-refractivity contribution in [2.24, 2.45) is 0 Å². The number of fused-ring (bicyclic) bond motifs is 2. The average Bonchev–Trinajstić information content (AvgIpc) is 2.87. The number of hydrogen-bond acceptors (Lipinski definition) is 7. The first kappa shape index (κ1) is 25.6. The van der Waals surface area contributed by atoms with E-state index >= 15 is 0 Å². The Morgan fingerprint density at radius 1 is 1.17 bits per heavy atom. The van der Waals surface area contributed by atoms with Crippen molar-refractivity contribution in [3.05, 3.63) is 53.9 Å². The van der Waals surface area contributed by atoms with Gasteiger partial charge in [0, 0.05) is 38.8 Å². The van der Waals surface area contributed by atoms with E-state index in [1.54, 1.807) is 42.5 Å². The van der Waals surface area contributed by atoms with E-state index in [0.29, 0.717) is 36.4 Å². The molecule has 3 atom stereocenters. The Balaban J connectivity index is 1.34. The van der Waals surface area contributed by atoms with Crippen LogP contribution in [0.3, 0.4) is 0 Å². The van der Waals surface area contributed by atoms with Gasteiger partial charge in [-0.3, -0.25) is 19.4 Å². The first-order valence-electron chi connectivity index (χ1n) is 12.1. The van der Waals surface area contributed by atoms with Crippen LogP contribution in [0.2, 0.25) is 0 Å². The Labute approximate surface area is 210 Å². The van der Waals surface area contributed by atoms with E-state index in [2.05, 4.69) is 15.6 Å². The predicted octanol–water partition coefficient (Wildman–Crippen LogP) is 1.80. The molecule has 0 saturated carbocycles. The third-order valence-electron chi connectivity index (χ3n) is 6.47. The second kappa shape index (κ2) is 12.0. The van der Waals surface area contributed by atoms with Crippen LogP contribution in [0.1, 0.15) is 35.2 Å². The maximum Gasteiger partial charge on any atom is 0.257 e. The number of amides is 3. The molecule has 3 heterocycles. The Bertz CT molecular complexity index is 1080. The lowest BCUT2D eigenvalue weighted by atomic mass is 9.94. The SMILES string of the molecule is COCC(=O)Nc1ccc2c(c1)C(=O)N(C)[C@@H]1CC[C@H](CC(=O)NCCc3ccncc3)O[C@@H]1CO2. The van der Waals surface area contributed by atoms with Crippen LogP contribution >= 0.6 is 0 Å². The summed E-state index contributed by atoms with van der Waals surface area (Å²) >= 11 is 0. The van der Waals surface area contributed by atoms with Gasteiger partial charge in [-0.1, -0.05) is 0 Å². The number of aromatic nitrogens is 1. The number of pyridine rings is 1. The van der Waals surface area contributed by atoms with Crippen LogP contribution in [0.4, 0.5) is 5.69 Å².